The van der Waals surface area contributed by atoms with Gasteiger partial charge in [-0.2, -0.15) is 0 Å². The van der Waals surface area contributed by atoms with E-state index in [4.69, 9.17) is 0 Å². The molecule has 2 aliphatic heterocycles. The van der Waals surface area contributed by atoms with E-state index in [9.17, 15) is 4.79 Å². The molecule has 118 valence electrons. The molecule has 3 heteroatoms. The number of benzene rings is 1. The van der Waals surface area contributed by atoms with Crippen LogP contribution >= 0.6 is 0 Å². The van der Waals surface area contributed by atoms with Crippen molar-refractivity contribution in [2.75, 3.05) is 26.2 Å². The van der Waals surface area contributed by atoms with Gasteiger partial charge in [0.15, 0.2) is 0 Å². The summed E-state index contributed by atoms with van der Waals surface area (Å²) in [6.07, 6.45) is 5.67. The molecule has 2 fully saturated rings. The van der Waals surface area contributed by atoms with Crippen molar-refractivity contribution in [2.45, 2.75) is 38.0 Å². The number of nitrogens with zero attached hydrogens (tertiary/aromatic N) is 1. The lowest BCUT2D eigenvalue weighted by atomic mass is 9.82. The van der Waals surface area contributed by atoms with Gasteiger partial charge in [0.25, 0.3) is 0 Å². The Morgan fingerprint density at radius 1 is 1.05 bits per heavy atom. The molecule has 4 rings (SSSR count). The summed E-state index contributed by atoms with van der Waals surface area (Å²) in [5.74, 6) is 2.08. The lowest BCUT2D eigenvalue weighted by molar-refractivity contribution is -0.133. The number of aryl methyl sites for hydroxylation is 1. The molecular formula is C19H26N2O. The highest BCUT2D eigenvalue weighted by Crippen LogP contribution is 2.34. The molecule has 0 radical (unpaired) electrons. The van der Waals surface area contributed by atoms with Gasteiger partial charge in [-0.15, -0.1) is 0 Å². The smallest absolute Gasteiger partial charge is 0.230 e. The molecule has 2 saturated heterocycles. The molecule has 1 amide bonds. The van der Waals surface area contributed by atoms with Crippen LogP contribution < -0.4 is 5.32 Å². The zero-order valence-corrected chi connectivity index (χ0v) is 13.3. The Kier molecular flexibility index (Phi) is 3.91. The fourth-order valence-corrected chi connectivity index (χ4v) is 4.67. The van der Waals surface area contributed by atoms with E-state index in [-0.39, 0.29) is 5.92 Å². The van der Waals surface area contributed by atoms with Gasteiger partial charge in [-0.25, -0.2) is 0 Å². The molecule has 1 aromatic rings. The van der Waals surface area contributed by atoms with Crippen molar-refractivity contribution < 1.29 is 4.79 Å². The maximum Gasteiger partial charge on any atom is 0.230 e. The molecule has 3 nitrogen and oxygen atoms in total. The predicted octanol–water partition coefficient (Wildman–Crippen LogP) is 2.56. The van der Waals surface area contributed by atoms with E-state index in [1.54, 1.807) is 0 Å². The number of carbonyl (C=O) groups excluding carboxylic acids is 1. The van der Waals surface area contributed by atoms with E-state index in [1.807, 2.05) is 0 Å². The van der Waals surface area contributed by atoms with Crippen molar-refractivity contribution in [1.29, 1.82) is 0 Å². The van der Waals surface area contributed by atoms with Crippen molar-refractivity contribution >= 4 is 5.91 Å². The number of hydrogen-bond acceptors (Lipinski definition) is 2. The van der Waals surface area contributed by atoms with Crippen LogP contribution in [0.3, 0.4) is 0 Å². The topological polar surface area (TPSA) is 32.3 Å². The second kappa shape index (κ2) is 6.04. The molecule has 0 bridgehead atoms. The third kappa shape index (κ3) is 2.56. The molecule has 1 unspecified atom stereocenters. The number of carbonyl (C=O) groups is 1. The van der Waals surface area contributed by atoms with Crippen molar-refractivity contribution in [2.24, 2.45) is 11.8 Å². The minimum absolute atomic E-state index is 0.112. The highest BCUT2D eigenvalue weighted by molar-refractivity contribution is 5.84. The molecule has 0 spiro atoms. The Morgan fingerprint density at radius 3 is 2.55 bits per heavy atom. The maximum atomic E-state index is 13.1. The highest BCUT2D eigenvalue weighted by Gasteiger charge is 2.34. The van der Waals surface area contributed by atoms with Crippen LogP contribution in [0.15, 0.2) is 24.3 Å². The van der Waals surface area contributed by atoms with Crippen LogP contribution in [0.2, 0.25) is 0 Å². The third-order valence-electron chi connectivity index (χ3n) is 6.00. The van der Waals surface area contributed by atoms with Crippen molar-refractivity contribution in [3.63, 3.8) is 0 Å². The fraction of sp³-hybridized carbons (Fsp3) is 0.632. The Morgan fingerprint density at radius 2 is 1.77 bits per heavy atom. The Hall–Kier alpha value is -1.35. The van der Waals surface area contributed by atoms with Gasteiger partial charge in [0.1, 0.15) is 0 Å². The first-order valence-electron chi connectivity index (χ1n) is 8.90. The zero-order chi connectivity index (χ0) is 14.9. The lowest BCUT2D eigenvalue weighted by Gasteiger charge is -2.30. The minimum Gasteiger partial charge on any atom is -0.342 e. The van der Waals surface area contributed by atoms with Gasteiger partial charge in [-0.1, -0.05) is 24.3 Å². The summed E-state index contributed by atoms with van der Waals surface area (Å²) in [7, 11) is 0. The van der Waals surface area contributed by atoms with Crippen molar-refractivity contribution in [3.8, 4) is 0 Å². The number of amides is 1. The molecule has 1 aromatic carbocycles. The van der Waals surface area contributed by atoms with E-state index in [0.29, 0.717) is 5.91 Å². The fourth-order valence-electron chi connectivity index (χ4n) is 4.67. The first kappa shape index (κ1) is 14.3. The normalized spacial score (nSPS) is 31.3. The van der Waals surface area contributed by atoms with Crippen LogP contribution in [-0.2, 0) is 11.2 Å². The number of nitrogens with one attached hydrogen (secondary N) is 1. The van der Waals surface area contributed by atoms with Gasteiger partial charge >= 0.3 is 0 Å². The largest absolute Gasteiger partial charge is 0.342 e. The molecule has 0 aromatic heterocycles. The van der Waals surface area contributed by atoms with Gasteiger partial charge < -0.3 is 10.2 Å². The van der Waals surface area contributed by atoms with E-state index >= 15 is 0 Å². The molecule has 3 atom stereocenters. The molecule has 3 aliphatic rings. The van der Waals surface area contributed by atoms with Gasteiger partial charge in [0.2, 0.25) is 5.91 Å². The number of hydrogen-bond donors (Lipinski definition) is 1. The van der Waals surface area contributed by atoms with Gasteiger partial charge in [0, 0.05) is 13.1 Å². The summed E-state index contributed by atoms with van der Waals surface area (Å²) in [5, 5.41) is 3.51. The second-order valence-corrected chi connectivity index (χ2v) is 7.22. The van der Waals surface area contributed by atoms with Crippen molar-refractivity contribution in [3.05, 3.63) is 35.4 Å². The monoisotopic (exact) mass is 298 g/mol. The van der Waals surface area contributed by atoms with E-state index in [2.05, 4.69) is 34.5 Å². The first-order chi connectivity index (χ1) is 10.8. The van der Waals surface area contributed by atoms with E-state index in [1.165, 1.54) is 24.0 Å². The Balaban J connectivity index is 1.50. The summed E-state index contributed by atoms with van der Waals surface area (Å²) in [6.45, 7) is 4.22. The first-order valence-corrected chi connectivity index (χ1v) is 8.90. The third-order valence-corrected chi connectivity index (χ3v) is 6.00. The quantitative estimate of drug-likeness (QED) is 0.864. The zero-order valence-electron chi connectivity index (χ0n) is 13.3. The highest BCUT2D eigenvalue weighted by atomic mass is 16.2. The SMILES string of the molecule is O=C(C1CCCc2ccccc21)N1CC[C@@H]2CNC[C@@H]2CC1. The van der Waals surface area contributed by atoms with Crippen LogP contribution in [0.5, 0.6) is 0 Å². The molecule has 1 N–H and O–H groups in total. The van der Waals surface area contributed by atoms with Crippen LogP contribution in [-0.4, -0.2) is 37.0 Å². The summed E-state index contributed by atoms with van der Waals surface area (Å²) >= 11 is 0. The molecule has 2 heterocycles. The summed E-state index contributed by atoms with van der Waals surface area (Å²) in [4.78, 5) is 15.3. The average Bonchev–Trinajstić information content (AvgIpc) is 2.92. The van der Waals surface area contributed by atoms with Crippen LogP contribution in [0.4, 0.5) is 0 Å². The molecule has 22 heavy (non-hydrogen) atoms. The number of fused-ring (bicyclic) bond motifs is 2. The standard InChI is InChI=1S/C19H26N2O/c22-19(18-7-3-5-14-4-1-2-6-17(14)18)21-10-8-15-12-20-13-16(15)9-11-21/h1-2,4,6,15-16,18,20H,3,5,7-13H2/t15-,16+,18?. The molecular weight excluding hydrogens is 272 g/mol. The van der Waals surface area contributed by atoms with E-state index < -0.39 is 0 Å². The predicted molar refractivity (Wildman–Crippen MR) is 87.8 cm³/mol. The minimum atomic E-state index is 0.112. The average molecular weight is 298 g/mol. The Labute approximate surface area is 133 Å². The van der Waals surface area contributed by atoms with E-state index in [0.717, 1.165) is 57.3 Å². The summed E-state index contributed by atoms with van der Waals surface area (Å²) < 4.78 is 0. The van der Waals surface area contributed by atoms with Crippen LogP contribution in [0.1, 0.15) is 42.7 Å². The molecule has 1 aliphatic carbocycles. The van der Waals surface area contributed by atoms with Gasteiger partial charge in [0.05, 0.1) is 5.92 Å². The summed E-state index contributed by atoms with van der Waals surface area (Å²) in [5.41, 5.74) is 2.69. The number of rotatable bonds is 1. The van der Waals surface area contributed by atoms with Crippen molar-refractivity contribution in [1.82, 2.24) is 10.2 Å². The van der Waals surface area contributed by atoms with Gasteiger partial charge in [-0.3, -0.25) is 4.79 Å². The lowest BCUT2D eigenvalue weighted by Crippen LogP contribution is -2.37. The summed E-state index contributed by atoms with van der Waals surface area (Å²) in [6, 6.07) is 8.57. The molecule has 0 saturated carbocycles. The Bertz CT molecular complexity index is 542. The van der Waals surface area contributed by atoms with Gasteiger partial charge in [-0.05, 0) is 68.2 Å². The maximum absolute atomic E-state index is 13.1. The second-order valence-electron chi connectivity index (χ2n) is 7.22. The number of likely N-dealkylation sites (tertiary alicyclic amines) is 1. The van der Waals surface area contributed by atoms with Crippen LogP contribution in [0.25, 0.3) is 0 Å². The van der Waals surface area contributed by atoms with Crippen LogP contribution in [0, 0.1) is 11.8 Å².